The van der Waals surface area contributed by atoms with Gasteiger partial charge in [0.2, 0.25) is 0 Å². The predicted molar refractivity (Wildman–Crippen MR) is 111 cm³/mol. The van der Waals surface area contributed by atoms with Crippen LogP contribution in [-0.2, 0) is 5.41 Å². The zero-order chi connectivity index (χ0) is 19.3. The zero-order valence-corrected chi connectivity index (χ0v) is 17.1. The van der Waals surface area contributed by atoms with Gasteiger partial charge in [0.1, 0.15) is 0 Å². The van der Waals surface area contributed by atoms with Crippen LogP contribution in [0.3, 0.4) is 0 Å². The third-order valence-corrected chi connectivity index (χ3v) is 7.32. The van der Waals surface area contributed by atoms with Crippen LogP contribution < -0.4 is 4.90 Å². The van der Waals surface area contributed by atoms with Crippen LogP contribution in [0.2, 0.25) is 0 Å². The maximum atomic E-state index is 13.1. The lowest BCUT2D eigenvalue weighted by Gasteiger charge is -2.24. The van der Waals surface area contributed by atoms with Crippen molar-refractivity contribution in [3.8, 4) is 0 Å². The minimum Gasteiger partial charge on any atom is -0.337 e. The standard InChI is InChI=1S/C21H19N3O2S2/c1-14-4-5-17(28-14)20(26)23-9-7-21(12-23)13-24(16-3-2-8-22-18(16)21)19(25)15-6-10-27-11-15/h2-6,8,10-11H,7,9,12-13H2,1H3. The number of aryl methyl sites for hydroxylation is 1. The van der Waals surface area contributed by atoms with Gasteiger partial charge >= 0.3 is 0 Å². The van der Waals surface area contributed by atoms with Crippen LogP contribution in [0.25, 0.3) is 0 Å². The smallest absolute Gasteiger partial charge is 0.263 e. The Bertz CT molecular complexity index is 1060. The fraction of sp³-hybridized carbons (Fsp3) is 0.286. The fourth-order valence-corrected chi connectivity index (χ4v) is 5.75. The number of anilines is 1. The van der Waals surface area contributed by atoms with Gasteiger partial charge in [-0.25, -0.2) is 0 Å². The van der Waals surface area contributed by atoms with Crippen molar-refractivity contribution in [1.82, 2.24) is 9.88 Å². The van der Waals surface area contributed by atoms with E-state index in [1.165, 1.54) is 22.7 Å². The van der Waals surface area contributed by atoms with Crippen molar-refractivity contribution in [2.24, 2.45) is 0 Å². The number of thiophene rings is 2. The molecule has 1 spiro atoms. The number of hydrogen-bond donors (Lipinski definition) is 0. The third-order valence-electron chi connectivity index (χ3n) is 5.65. The largest absolute Gasteiger partial charge is 0.337 e. The van der Waals surface area contributed by atoms with Gasteiger partial charge in [-0.1, -0.05) is 0 Å². The first-order valence-electron chi connectivity index (χ1n) is 9.23. The number of aromatic nitrogens is 1. The average molecular weight is 410 g/mol. The topological polar surface area (TPSA) is 53.5 Å². The van der Waals surface area contributed by atoms with E-state index in [1.807, 2.05) is 57.8 Å². The molecule has 5 rings (SSSR count). The number of fused-ring (bicyclic) bond motifs is 2. The van der Waals surface area contributed by atoms with Crippen LogP contribution in [0.15, 0.2) is 47.3 Å². The highest BCUT2D eigenvalue weighted by Crippen LogP contribution is 2.46. The van der Waals surface area contributed by atoms with Gasteiger partial charge in [-0.15, -0.1) is 11.3 Å². The van der Waals surface area contributed by atoms with Crippen molar-refractivity contribution in [3.05, 3.63) is 68.3 Å². The molecule has 0 N–H and O–H groups in total. The molecule has 142 valence electrons. The highest BCUT2D eigenvalue weighted by atomic mass is 32.1. The third kappa shape index (κ3) is 2.69. The van der Waals surface area contributed by atoms with Crippen LogP contribution in [0.4, 0.5) is 5.69 Å². The van der Waals surface area contributed by atoms with Crippen molar-refractivity contribution < 1.29 is 9.59 Å². The summed E-state index contributed by atoms with van der Waals surface area (Å²) in [4.78, 5) is 36.4. The number of carbonyl (C=O) groups excluding carboxylic acids is 2. The molecule has 2 aliphatic rings. The molecule has 5 heterocycles. The molecular formula is C21H19N3O2S2. The number of hydrogen-bond acceptors (Lipinski definition) is 5. The number of rotatable bonds is 2. The Kier molecular flexibility index (Phi) is 4.10. The molecule has 1 fully saturated rings. The minimum atomic E-state index is -0.287. The minimum absolute atomic E-state index is 0.00559. The average Bonchev–Trinajstić information content (AvgIpc) is 3.49. The van der Waals surface area contributed by atoms with E-state index in [1.54, 1.807) is 6.20 Å². The normalized spacial score (nSPS) is 20.8. The lowest BCUT2D eigenvalue weighted by atomic mass is 9.85. The van der Waals surface area contributed by atoms with E-state index in [0.717, 1.165) is 27.6 Å². The summed E-state index contributed by atoms with van der Waals surface area (Å²) in [6.45, 7) is 3.87. The molecule has 28 heavy (non-hydrogen) atoms. The molecule has 1 saturated heterocycles. The monoisotopic (exact) mass is 409 g/mol. The van der Waals surface area contributed by atoms with Gasteiger partial charge in [0.15, 0.2) is 0 Å². The molecule has 0 saturated carbocycles. The van der Waals surface area contributed by atoms with Gasteiger partial charge in [0.25, 0.3) is 11.8 Å². The molecule has 1 unspecified atom stereocenters. The van der Waals surface area contributed by atoms with Gasteiger partial charge in [-0.05, 0) is 49.1 Å². The Balaban J connectivity index is 1.46. The second-order valence-corrected chi connectivity index (χ2v) is 9.51. The van der Waals surface area contributed by atoms with E-state index < -0.39 is 0 Å². The van der Waals surface area contributed by atoms with Crippen molar-refractivity contribution in [2.45, 2.75) is 18.8 Å². The molecule has 7 heteroatoms. The van der Waals surface area contributed by atoms with Gasteiger partial charge in [0.05, 0.1) is 27.2 Å². The summed E-state index contributed by atoms with van der Waals surface area (Å²) in [6, 6.07) is 9.59. The van der Waals surface area contributed by atoms with Crippen molar-refractivity contribution in [2.75, 3.05) is 24.5 Å². The van der Waals surface area contributed by atoms with Crippen LogP contribution in [0, 0.1) is 6.92 Å². The Hall–Kier alpha value is -2.51. The fourth-order valence-electron chi connectivity index (χ4n) is 4.28. The highest BCUT2D eigenvalue weighted by molar-refractivity contribution is 7.13. The second kappa shape index (κ2) is 6.53. The quantitative estimate of drug-likeness (QED) is 0.644. The summed E-state index contributed by atoms with van der Waals surface area (Å²) < 4.78 is 0. The number of amides is 2. The molecular weight excluding hydrogens is 390 g/mol. The van der Waals surface area contributed by atoms with E-state index in [4.69, 9.17) is 0 Å². The van der Waals surface area contributed by atoms with Gasteiger partial charge in [0, 0.05) is 36.1 Å². The number of nitrogens with zero attached hydrogens (tertiary/aromatic N) is 3. The first-order chi connectivity index (χ1) is 13.6. The summed E-state index contributed by atoms with van der Waals surface area (Å²) >= 11 is 3.05. The molecule has 0 radical (unpaired) electrons. The number of carbonyl (C=O) groups is 2. The Morgan fingerprint density at radius 1 is 1.14 bits per heavy atom. The van der Waals surface area contributed by atoms with Crippen LogP contribution in [0.5, 0.6) is 0 Å². The Morgan fingerprint density at radius 3 is 2.79 bits per heavy atom. The van der Waals surface area contributed by atoms with Crippen LogP contribution in [-0.4, -0.2) is 41.3 Å². The van der Waals surface area contributed by atoms with E-state index in [2.05, 4.69) is 4.98 Å². The predicted octanol–water partition coefficient (Wildman–Crippen LogP) is 3.96. The van der Waals surface area contributed by atoms with Gasteiger partial charge in [-0.3, -0.25) is 14.6 Å². The molecule has 0 aliphatic carbocycles. The Labute approximate surface area is 171 Å². The summed E-state index contributed by atoms with van der Waals surface area (Å²) in [5.74, 6) is 0.0844. The van der Waals surface area contributed by atoms with E-state index in [9.17, 15) is 9.59 Å². The van der Waals surface area contributed by atoms with Crippen molar-refractivity contribution >= 4 is 40.2 Å². The van der Waals surface area contributed by atoms with Gasteiger partial charge < -0.3 is 9.80 Å². The first kappa shape index (κ1) is 17.6. The first-order valence-corrected chi connectivity index (χ1v) is 11.0. The van der Waals surface area contributed by atoms with Crippen LogP contribution >= 0.6 is 22.7 Å². The molecule has 3 aromatic rings. The molecule has 0 bridgehead atoms. The second-order valence-electron chi connectivity index (χ2n) is 7.44. The lowest BCUT2D eigenvalue weighted by molar-refractivity contribution is 0.0789. The summed E-state index contributed by atoms with van der Waals surface area (Å²) in [7, 11) is 0. The maximum absolute atomic E-state index is 13.1. The Morgan fingerprint density at radius 2 is 2.04 bits per heavy atom. The molecule has 0 aromatic carbocycles. The van der Waals surface area contributed by atoms with Gasteiger partial charge in [-0.2, -0.15) is 11.3 Å². The number of pyridine rings is 1. The van der Waals surface area contributed by atoms with Crippen molar-refractivity contribution in [1.29, 1.82) is 0 Å². The summed E-state index contributed by atoms with van der Waals surface area (Å²) in [6.07, 6.45) is 2.60. The molecule has 3 aromatic heterocycles. The SMILES string of the molecule is Cc1ccc(C(=O)N2CCC3(C2)CN(C(=O)c2ccsc2)c2cccnc23)s1. The van der Waals surface area contributed by atoms with E-state index >= 15 is 0 Å². The molecule has 2 amide bonds. The molecule has 1 atom stereocenters. The summed E-state index contributed by atoms with van der Waals surface area (Å²) in [5, 5.41) is 3.80. The van der Waals surface area contributed by atoms with E-state index in [-0.39, 0.29) is 17.2 Å². The van der Waals surface area contributed by atoms with Crippen molar-refractivity contribution in [3.63, 3.8) is 0 Å². The van der Waals surface area contributed by atoms with E-state index in [0.29, 0.717) is 25.2 Å². The molecule has 2 aliphatic heterocycles. The molecule has 5 nitrogen and oxygen atoms in total. The number of likely N-dealkylation sites (tertiary alicyclic amines) is 1. The maximum Gasteiger partial charge on any atom is 0.263 e. The zero-order valence-electron chi connectivity index (χ0n) is 15.4. The lowest BCUT2D eigenvalue weighted by Crippen LogP contribution is -2.40. The van der Waals surface area contributed by atoms with Crippen LogP contribution in [0.1, 0.15) is 37.0 Å². The summed E-state index contributed by atoms with van der Waals surface area (Å²) in [5.41, 5.74) is 2.23. The highest BCUT2D eigenvalue weighted by Gasteiger charge is 2.51.